The third kappa shape index (κ3) is 10.5. The molecule has 0 saturated carbocycles. The van der Waals surface area contributed by atoms with Crippen LogP contribution in [0.4, 0.5) is 0 Å². The summed E-state index contributed by atoms with van der Waals surface area (Å²) in [4.78, 5) is 0. The monoisotopic (exact) mass is 526 g/mol. The fraction of sp³-hybridized carbons (Fsp3) is 0.615. The van der Waals surface area contributed by atoms with Crippen molar-refractivity contribution < 1.29 is 5.11 Å². The maximum Gasteiger partial charge on any atom is 0.100 e. The van der Waals surface area contributed by atoms with E-state index in [4.69, 9.17) is 0 Å². The van der Waals surface area contributed by atoms with Gasteiger partial charge in [0.25, 0.3) is 0 Å². The second-order valence-electron chi connectivity index (χ2n) is 9.24. The first-order valence-corrected chi connectivity index (χ1v) is 16.2. The van der Waals surface area contributed by atoms with E-state index in [0.717, 1.165) is 24.8 Å². The molecule has 1 atom stereocenters. The average Bonchev–Trinajstić information content (AvgIpc) is 2.71. The summed E-state index contributed by atoms with van der Waals surface area (Å²) in [7, 11) is -1.38. The van der Waals surface area contributed by atoms with Gasteiger partial charge in [0.2, 0.25) is 0 Å². The molecule has 1 unspecified atom stereocenters. The summed E-state index contributed by atoms with van der Waals surface area (Å²) in [6, 6.07) is 10.2. The van der Waals surface area contributed by atoms with Crippen LogP contribution in [0, 0.1) is 0 Å². The van der Waals surface area contributed by atoms with Gasteiger partial charge in [-0.3, -0.25) is 0 Å². The average molecular weight is 527 g/mol. The van der Waals surface area contributed by atoms with Crippen LogP contribution in [0.25, 0.3) is 0 Å². The molecule has 0 fully saturated rings. The Hall–Kier alpha value is -0.393. The van der Waals surface area contributed by atoms with Gasteiger partial charge in [0.15, 0.2) is 0 Å². The largest absolute Gasteiger partial charge is 0.384 e. The van der Waals surface area contributed by atoms with Crippen molar-refractivity contribution in [1.29, 1.82) is 0 Å². The van der Waals surface area contributed by atoms with Gasteiger partial charge in [-0.25, -0.2) is 0 Å². The van der Waals surface area contributed by atoms with E-state index in [1.54, 1.807) is 3.20 Å². The third-order valence-electron chi connectivity index (χ3n) is 5.39. The van der Waals surface area contributed by atoms with Crippen LogP contribution in [0.1, 0.15) is 89.7 Å². The lowest BCUT2D eigenvalue weighted by Crippen LogP contribution is -2.22. The molecule has 0 amide bonds. The molecular weight excluding hydrogens is 483 g/mol. The van der Waals surface area contributed by atoms with Gasteiger partial charge in [-0.05, 0) is 45.6 Å². The maximum atomic E-state index is 11.2. The minimum Gasteiger partial charge on any atom is -0.384 e. The van der Waals surface area contributed by atoms with E-state index >= 15 is 0 Å². The number of allylic oxidation sites excluding steroid dienone is 2. The molecular formula is C26H43IOSi. The smallest absolute Gasteiger partial charge is 0.100 e. The minimum atomic E-state index is -1.38. The van der Waals surface area contributed by atoms with E-state index in [0.29, 0.717) is 0 Å². The molecule has 1 rings (SSSR count). The molecule has 0 heterocycles. The van der Waals surface area contributed by atoms with Crippen LogP contribution in [0.15, 0.2) is 50.8 Å². The fourth-order valence-corrected chi connectivity index (χ4v) is 5.17. The van der Waals surface area contributed by atoms with Gasteiger partial charge in [-0.15, -0.1) is 0 Å². The van der Waals surface area contributed by atoms with Gasteiger partial charge >= 0.3 is 0 Å². The second kappa shape index (κ2) is 14.6. The van der Waals surface area contributed by atoms with Gasteiger partial charge in [-0.2, -0.15) is 0 Å². The number of hydrogen-bond donors (Lipinski definition) is 1. The van der Waals surface area contributed by atoms with E-state index < -0.39 is 14.2 Å². The lowest BCUT2D eigenvalue weighted by Gasteiger charge is -2.22. The summed E-state index contributed by atoms with van der Waals surface area (Å²) in [5.41, 5.74) is 3.70. The number of rotatable bonds is 14. The van der Waals surface area contributed by atoms with E-state index in [1.807, 2.05) is 18.2 Å². The first-order chi connectivity index (χ1) is 13.8. The van der Waals surface area contributed by atoms with Crippen LogP contribution in [-0.2, 0) is 0 Å². The highest BCUT2D eigenvalue weighted by Crippen LogP contribution is 2.33. The van der Waals surface area contributed by atoms with Gasteiger partial charge in [0.1, 0.15) is 6.10 Å². The van der Waals surface area contributed by atoms with Crippen molar-refractivity contribution in [2.24, 2.45) is 0 Å². The lowest BCUT2D eigenvalue weighted by molar-refractivity contribution is 0.210. The Balaban J connectivity index is 3.18. The Labute approximate surface area is 195 Å². The van der Waals surface area contributed by atoms with Crippen LogP contribution in [0.5, 0.6) is 0 Å². The number of halogens is 1. The molecule has 0 saturated heterocycles. The summed E-state index contributed by atoms with van der Waals surface area (Å²) >= 11 is 2.61. The van der Waals surface area contributed by atoms with Crippen LogP contribution in [0.3, 0.4) is 0 Å². The quantitative estimate of drug-likeness (QED) is 0.111. The molecule has 0 aliphatic carbocycles. The van der Waals surface area contributed by atoms with Crippen LogP contribution in [-0.4, -0.2) is 13.2 Å². The van der Waals surface area contributed by atoms with Crippen LogP contribution < -0.4 is 0 Å². The number of hydrogen-bond acceptors (Lipinski definition) is 1. The van der Waals surface area contributed by atoms with Crippen LogP contribution >= 0.6 is 22.6 Å². The van der Waals surface area contributed by atoms with Crippen molar-refractivity contribution in [3.05, 3.63) is 56.3 Å². The van der Waals surface area contributed by atoms with E-state index in [-0.39, 0.29) is 0 Å². The highest BCUT2D eigenvalue weighted by Gasteiger charge is 2.21. The number of aliphatic hydroxyl groups excluding tert-OH is 1. The molecule has 1 aromatic rings. The maximum absolute atomic E-state index is 11.2. The molecule has 164 valence electrons. The number of aliphatic hydroxyl groups is 1. The van der Waals surface area contributed by atoms with E-state index in [9.17, 15) is 5.11 Å². The van der Waals surface area contributed by atoms with Gasteiger partial charge in [0, 0.05) is 0 Å². The van der Waals surface area contributed by atoms with Crippen molar-refractivity contribution in [3.63, 3.8) is 0 Å². The molecule has 0 aromatic heterocycles. The Morgan fingerprint density at radius 3 is 1.97 bits per heavy atom. The highest BCUT2D eigenvalue weighted by molar-refractivity contribution is 14.1. The summed E-state index contributed by atoms with van der Waals surface area (Å²) < 4.78 is 1.57. The SMILES string of the molecule is CCCCCC/C(=C/C(CCCCCC)=C(/I)[Si](C)(C)C)C(O)c1ccccc1. The van der Waals surface area contributed by atoms with Crippen molar-refractivity contribution in [3.8, 4) is 0 Å². The zero-order valence-electron chi connectivity index (χ0n) is 19.4. The first-order valence-electron chi connectivity index (χ1n) is 11.6. The van der Waals surface area contributed by atoms with Gasteiger partial charge in [0.05, 0.1) is 8.07 Å². The molecule has 1 aromatic carbocycles. The van der Waals surface area contributed by atoms with Crippen molar-refractivity contribution >= 4 is 30.7 Å². The van der Waals surface area contributed by atoms with E-state index in [1.165, 1.54) is 56.1 Å². The molecule has 0 spiro atoms. The normalized spacial score (nSPS) is 14.7. The van der Waals surface area contributed by atoms with Crippen molar-refractivity contribution in [1.82, 2.24) is 0 Å². The van der Waals surface area contributed by atoms with Crippen LogP contribution in [0.2, 0.25) is 19.6 Å². The van der Waals surface area contributed by atoms with Crippen molar-refractivity contribution in [2.45, 2.75) is 104 Å². The zero-order valence-corrected chi connectivity index (χ0v) is 22.6. The summed E-state index contributed by atoms with van der Waals surface area (Å²) in [6.45, 7) is 11.8. The second-order valence-corrected chi connectivity index (χ2v) is 16.3. The molecule has 1 N–H and O–H groups in total. The predicted molar refractivity (Wildman–Crippen MR) is 141 cm³/mol. The Bertz CT molecular complexity index is 628. The summed E-state index contributed by atoms with van der Waals surface area (Å²) in [5.74, 6) is 0. The first kappa shape index (κ1) is 26.6. The molecule has 0 bridgehead atoms. The number of unbranched alkanes of at least 4 members (excludes halogenated alkanes) is 6. The highest BCUT2D eigenvalue weighted by atomic mass is 127. The van der Waals surface area contributed by atoms with E-state index in [2.05, 4.69) is 74.3 Å². The zero-order chi connectivity index (χ0) is 21.7. The molecule has 0 aliphatic rings. The Morgan fingerprint density at radius 1 is 0.897 bits per heavy atom. The lowest BCUT2D eigenvalue weighted by atomic mass is 9.93. The third-order valence-corrected chi connectivity index (χ3v) is 12.6. The Kier molecular flexibility index (Phi) is 13.4. The molecule has 29 heavy (non-hydrogen) atoms. The molecule has 0 radical (unpaired) electrons. The predicted octanol–water partition coefficient (Wildman–Crippen LogP) is 9.15. The van der Waals surface area contributed by atoms with Gasteiger partial charge < -0.3 is 5.11 Å². The fourth-order valence-electron chi connectivity index (χ4n) is 3.59. The van der Waals surface area contributed by atoms with Gasteiger partial charge in [-0.1, -0.05) is 131 Å². The summed E-state index contributed by atoms with van der Waals surface area (Å²) in [6.07, 6.45) is 14.1. The number of benzene rings is 1. The summed E-state index contributed by atoms with van der Waals surface area (Å²) in [5, 5.41) is 11.2. The molecule has 3 heteroatoms. The molecule has 1 nitrogen and oxygen atoms in total. The Morgan fingerprint density at radius 2 is 1.45 bits per heavy atom. The minimum absolute atomic E-state index is 0.491. The van der Waals surface area contributed by atoms with Crippen molar-refractivity contribution in [2.75, 3.05) is 0 Å². The topological polar surface area (TPSA) is 20.2 Å². The standard InChI is InChI=1S/C26H43IOSi/c1-6-8-10-13-19-23(25(28)22-17-15-12-16-18-22)21-24(20-14-11-9-7-2)26(27)29(3,4)5/h12,15-18,21,25,28H,6-11,13-14,19-20H2,1-5H3/b23-21-,26-24-. The molecule has 0 aliphatic heterocycles.